The molecular formula is C19H26N4O2. The fraction of sp³-hybridized carbons (Fsp3) is 0.368. The third-order valence-corrected chi connectivity index (χ3v) is 3.70. The fourth-order valence-corrected chi connectivity index (χ4v) is 2.35. The number of rotatable bonds is 9. The number of carbonyl (C=O) groups is 1. The van der Waals surface area contributed by atoms with Gasteiger partial charge in [-0.25, -0.2) is 4.99 Å². The van der Waals surface area contributed by atoms with Crippen molar-refractivity contribution in [3.8, 4) is 0 Å². The number of unbranched alkanes of at least 4 members (excludes halogenated alkanes) is 3. The van der Waals surface area contributed by atoms with E-state index in [2.05, 4.69) is 22.5 Å². The molecule has 6 heteroatoms. The van der Waals surface area contributed by atoms with E-state index in [1.807, 2.05) is 24.3 Å². The van der Waals surface area contributed by atoms with Gasteiger partial charge in [-0.05, 0) is 36.2 Å². The second kappa shape index (κ2) is 10.2. The number of nitrogens with zero attached hydrogens (tertiary/aromatic N) is 1. The van der Waals surface area contributed by atoms with E-state index >= 15 is 0 Å². The summed E-state index contributed by atoms with van der Waals surface area (Å²) in [6.45, 7) is 3.49. The first-order chi connectivity index (χ1) is 12.2. The van der Waals surface area contributed by atoms with Crippen molar-refractivity contribution in [1.82, 2.24) is 5.32 Å². The Kier molecular flexibility index (Phi) is 7.56. The Balaban J connectivity index is 1.82. The van der Waals surface area contributed by atoms with Gasteiger partial charge in [-0.2, -0.15) is 0 Å². The third kappa shape index (κ3) is 6.71. The van der Waals surface area contributed by atoms with Crippen LogP contribution in [0.3, 0.4) is 0 Å². The molecule has 2 rings (SSSR count). The van der Waals surface area contributed by atoms with Crippen molar-refractivity contribution < 1.29 is 9.21 Å². The van der Waals surface area contributed by atoms with Crippen LogP contribution in [0.5, 0.6) is 0 Å². The van der Waals surface area contributed by atoms with Crippen molar-refractivity contribution >= 4 is 17.6 Å². The number of hydrogen-bond acceptors (Lipinski definition) is 3. The molecular weight excluding hydrogens is 316 g/mol. The summed E-state index contributed by atoms with van der Waals surface area (Å²) in [5.74, 6) is 0.445. The number of anilines is 1. The summed E-state index contributed by atoms with van der Waals surface area (Å²) >= 11 is 0. The predicted molar refractivity (Wildman–Crippen MR) is 101 cm³/mol. The Hall–Kier alpha value is -2.76. The number of carbonyl (C=O) groups excluding carboxylic acids is 1. The highest BCUT2D eigenvalue weighted by atomic mass is 16.3. The van der Waals surface area contributed by atoms with Gasteiger partial charge in [-0.3, -0.25) is 4.79 Å². The molecule has 1 heterocycles. The van der Waals surface area contributed by atoms with Gasteiger partial charge in [0.1, 0.15) is 0 Å². The van der Waals surface area contributed by atoms with E-state index < -0.39 is 0 Å². The topological polar surface area (TPSA) is 92.6 Å². The third-order valence-electron chi connectivity index (χ3n) is 3.70. The minimum Gasteiger partial charge on any atom is -0.459 e. The summed E-state index contributed by atoms with van der Waals surface area (Å²) in [4.78, 5) is 16.3. The van der Waals surface area contributed by atoms with Crippen LogP contribution in [-0.2, 0) is 6.54 Å². The van der Waals surface area contributed by atoms with Gasteiger partial charge in [0.2, 0.25) is 0 Å². The van der Waals surface area contributed by atoms with E-state index in [0.717, 1.165) is 18.5 Å². The van der Waals surface area contributed by atoms with E-state index in [9.17, 15) is 4.79 Å². The summed E-state index contributed by atoms with van der Waals surface area (Å²) in [5.41, 5.74) is 7.54. The summed E-state index contributed by atoms with van der Waals surface area (Å²) in [6, 6.07) is 10.8. The first-order valence-electron chi connectivity index (χ1n) is 8.66. The predicted octanol–water partition coefficient (Wildman–Crippen LogP) is 3.52. The van der Waals surface area contributed by atoms with Crippen LogP contribution >= 0.6 is 0 Å². The van der Waals surface area contributed by atoms with Gasteiger partial charge in [-0.1, -0.05) is 38.3 Å². The lowest BCUT2D eigenvalue weighted by Gasteiger charge is -2.07. The Labute approximate surface area is 148 Å². The zero-order valence-corrected chi connectivity index (χ0v) is 14.6. The van der Waals surface area contributed by atoms with E-state index in [1.165, 1.54) is 25.5 Å². The van der Waals surface area contributed by atoms with Gasteiger partial charge in [-0.15, -0.1) is 0 Å². The maximum absolute atomic E-state index is 12.0. The highest BCUT2D eigenvalue weighted by Crippen LogP contribution is 2.13. The minimum atomic E-state index is -0.279. The molecule has 0 radical (unpaired) electrons. The summed E-state index contributed by atoms with van der Waals surface area (Å²) < 4.78 is 5.08. The van der Waals surface area contributed by atoms with Crippen molar-refractivity contribution in [2.45, 2.75) is 39.2 Å². The number of nitrogens with one attached hydrogen (secondary N) is 2. The lowest BCUT2D eigenvalue weighted by Crippen LogP contribution is -2.32. The number of hydrogen-bond donors (Lipinski definition) is 3. The van der Waals surface area contributed by atoms with Crippen molar-refractivity contribution in [3.05, 3.63) is 54.0 Å². The van der Waals surface area contributed by atoms with Crippen LogP contribution < -0.4 is 16.4 Å². The van der Waals surface area contributed by atoms with Crippen molar-refractivity contribution in [3.63, 3.8) is 0 Å². The largest absolute Gasteiger partial charge is 0.459 e. The van der Waals surface area contributed by atoms with Gasteiger partial charge in [0.25, 0.3) is 5.91 Å². The molecule has 2 aromatic rings. The molecule has 0 bridgehead atoms. The zero-order chi connectivity index (χ0) is 17.9. The van der Waals surface area contributed by atoms with Crippen LogP contribution in [0.2, 0.25) is 0 Å². The smallest absolute Gasteiger partial charge is 0.291 e. The molecule has 0 aliphatic rings. The van der Waals surface area contributed by atoms with Crippen molar-refractivity contribution in [2.24, 2.45) is 10.7 Å². The Morgan fingerprint density at radius 3 is 2.84 bits per heavy atom. The first-order valence-corrected chi connectivity index (χ1v) is 8.66. The molecule has 4 N–H and O–H groups in total. The molecule has 0 aliphatic carbocycles. The average molecular weight is 342 g/mol. The van der Waals surface area contributed by atoms with Crippen molar-refractivity contribution in [2.75, 3.05) is 11.9 Å². The number of guanidine groups is 1. The Morgan fingerprint density at radius 2 is 2.08 bits per heavy atom. The van der Waals surface area contributed by atoms with Gasteiger partial charge in [0.05, 0.1) is 12.8 Å². The molecule has 0 saturated heterocycles. The molecule has 1 amide bonds. The van der Waals surface area contributed by atoms with Gasteiger partial charge in [0, 0.05) is 12.2 Å². The second-order valence-corrected chi connectivity index (χ2v) is 5.82. The maximum atomic E-state index is 12.0. The number of aliphatic imine (C=N–C) groups is 1. The monoisotopic (exact) mass is 342 g/mol. The van der Waals surface area contributed by atoms with Crippen LogP contribution in [0.1, 0.15) is 48.7 Å². The molecule has 134 valence electrons. The SMILES string of the molecule is CCCCCCNC(N)=NCc1cccc(NC(=O)c2ccco2)c1. The highest BCUT2D eigenvalue weighted by molar-refractivity contribution is 6.02. The maximum Gasteiger partial charge on any atom is 0.291 e. The molecule has 0 saturated carbocycles. The molecule has 25 heavy (non-hydrogen) atoms. The molecule has 1 aromatic carbocycles. The quantitative estimate of drug-likeness (QED) is 0.369. The van der Waals surface area contributed by atoms with Gasteiger partial charge < -0.3 is 20.8 Å². The molecule has 0 aliphatic heterocycles. The van der Waals surface area contributed by atoms with Crippen molar-refractivity contribution in [1.29, 1.82) is 0 Å². The Morgan fingerprint density at radius 1 is 1.20 bits per heavy atom. The number of amides is 1. The lowest BCUT2D eigenvalue weighted by atomic mass is 10.2. The summed E-state index contributed by atoms with van der Waals surface area (Å²) in [7, 11) is 0. The highest BCUT2D eigenvalue weighted by Gasteiger charge is 2.08. The van der Waals surface area contributed by atoms with E-state index in [-0.39, 0.29) is 11.7 Å². The fourth-order valence-electron chi connectivity index (χ4n) is 2.35. The van der Waals surface area contributed by atoms with Crippen LogP contribution in [0.25, 0.3) is 0 Å². The lowest BCUT2D eigenvalue weighted by molar-refractivity contribution is 0.0996. The molecule has 6 nitrogen and oxygen atoms in total. The zero-order valence-electron chi connectivity index (χ0n) is 14.6. The van der Waals surface area contributed by atoms with Gasteiger partial charge >= 0.3 is 0 Å². The minimum absolute atomic E-state index is 0.278. The Bertz CT molecular complexity index is 680. The van der Waals surface area contributed by atoms with E-state index in [1.54, 1.807) is 12.1 Å². The van der Waals surface area contributed by atoms with Crippen LogP contribution in [0.4, 0.5) is 5.69 Å². The standard InChI is InChI=1S/C19H26N4O2/c1-2-3-4-5-11-21-19(20)22-14-15-8-6-9-16(13-15)23-18(24)17-10-7-12-25-17/h6-10,12-13H,2-5,11,14H2,1H3,(H,23,24)(H3,20,21,22). The number of benzene rings is 1. The normalized spacial score (nSPS) is 11.3. The first kappa shape index (κ1) is 18.6. The molecule has 1 aromatic heterocycles. The summed E-state index contributed by atoms with van der Waals surface area (Å²) in [6.07, 6.45) is 6.23. The number of nitrogens with two attached hydrogens (primary N) is 1. The van der Waals surface area contributed by atoms with Gasteiger partial charge in [0.15, 0.2) is 11.7 Å². The van der Waals surface area contributed by atoms with Crippen LogP contribution in [0.15, 0.2) is 52.1 Å². The molecule has 0 fully saturated rings. The number of furan rings is 1. The molecule has 0 atom stereocenters. The van der Waals surface area contributed by atoms with E-state index in [4.69, 9.17) is 10.2 Å². The molecule has 0 spiro atoms. The summed E-state index contributed by atoms with van der Waals surface area (Å²) in [5, 5.41) is 5.92. The second-order valence-electron chi connectivity index (χ2n) is 5.82. The van der Waals surface area contributed by atoms with Crippen LogP contribution in [-0.4, -0.2) is 18.4 Å². The van der Waals surface area contributed by atoms with E-state index in [0.29, 0.717) is 18.2 Å². The van der Waals surface area contributed by atoms with Crippen LogP contribution in [0, 0.1) is 0 Å². The average Bonchev–Trinajstić information content (AvgIpc) is 3.15. The molecule has 0 unspecified atom stereocenters.